The molecule has 0 aliphatic carbocycles. The van der Waals surface area contributed by atoms with Crippen molar-refractivity contribution < 1.29 is 14.3 Å². The van der Waals surface area contributed by atoms with Crippen LogP contribution in [0.4, 0.5) is 17.3 Å². The Labute approximate surface area is 169 Å². The van der Waals surface area contributed by atoms with Crippen LogP contribution >= 0.6 is 0 Å². The number of hydrogen-bond donors (Lipinski definition) is 2. The lowest BCUT2D eigenvalue weighted by atomic mass is 9.98. The number of aromatic nitrogens is 2. The number of para-hydroxylation sites is 1. The van der Waals surface area contributed by atoms with Gasteiger partial charge < -0.3 is 20.1 Å². The fraction of sp³-hybridized carbons (Fsp3) is 0.227. The van der Waals surface area contributed by atoms with Crippen LogP contribution in [0.5, 0.6) is 11.5 Å². The first-order valence-corrected chi connectivity index (χ1v) is 9.42. The molecule has 2 N–H and O–H groups in total. The van der Waals surface area contributed by atoms with E-state index in [2.05, 4.69) is 40.5 Å². The Balaban J connectivity index is 1.54. The van der Waals surface area contributed by atoms with E-state index in [0.29, 0.717) is 29.1 Å². The minimum absolute atomic E-state index is 0.185. The molecule has 0 saturated carbocycles. The lowest BCUT2D eigenvalue weighted by Gasteiger charge is -2.16. The number of carbonyl (C=O) groups excluding carboxylic acids is 1. The molecule has 0 bridgehead atoms. The molecule has 0 saturated heterocycles. The molecule has 0 fully saturated rings. The number of rotatable bonds is 5. The minimum atomic E-state index is -0.330. The number of aryl methyl sites for hydroxylation is 1. The Kier molecular flexibility index (Phi) is 5.03. The van der Waals surface area contributed by atoms with E-state index in [1.807, 2.05) is 19.1 Å². The van der Waals surface area contributed by atoms with Gasteiger partial charge in [-0.15, -0.1) is 0 Å². The molecule has 0 radical (unpaired) electrons. The summed E-state index contributed by atoms with van der Waals surface area (Å²) < 4.78 is 10.6. The summed E-state index contributed by atoms with van der Waals surface area (Å²) in [7, 11) is 0. The first kappa shape index (κ1) is 18.7. The molecule has 1 aliphatic heterocycles. The fourth-order valence-corrected chi connectivity index (χ4v) is 3.17. The highest BCUT2D eigenvalue weighted by Gasteiger charge is 2.16. The van der Waals surface area contributed by atoms with Crippen molar-refractivity contribution in [2.75, 3.05) is 17.4 Å². The van der Waals surface area contributed by atoms with Gasteiger partial charge >= 0.3 is 0 Å². The molecule has 2 aromatic carbocycles. The second kappa shape index (κ2) is 7.79. The van der Waals surface area contributed by atoms with Crippen molar-refractivity contribution in [2.45, 2.75) is 26.7 Å². The predicted molar refractivity (Wildman–Crippen MR) is 111 cm³/mol. The van der Waals surface area contributed by atoms with Gasteiger partial charge in [-0.05, 0) is 42.2 Å². The number of nitrogens with zero attached hydrogens (tertiary/aromatic N) is 2. The number of fused-ring (bicyclic) bond motifs is 1. The molecule has 29 heavy (non-hydrogen) atoms. The van der Waals surface area contributed by atoms with Gasteiger partial charge in [-0.1, -0.05) is 32.0 Å². The highest BCUT2D eigenvalue weighted by Crippen LogP contribution is 2.34. The number of hydrogen-bond acceptors (Lipinski definition) is 6. The van der Waals surface area contributed by atoms with Crippen LogP contribution in [-0.4, -0.2) is 22.7 Å². The summed E-state index contributed by atoms with van der Waals surface area (Å²) in [5.74, 6) is 1.65. The molecule has 7 heteroatoms. The van der Waals surface area contributed by atoms with E-state index < -0.39 is 0 Å². The molecule has 1 aromatic heterocycles. The van der Waals surface area contributed by atoms with E-state index in [1.165, 1.54) is 5.56 Å². The summed E-state index contributed by atoms with van der Waals surface area (Å²) >= 11 is 0. The zero-order chi connectivity index (χ0) is 20.4. The molecular weight excluding hydrogens is 368 g/mol. The molecule has 0 atom stereocenters. The topological polar surface area (TPSA) is 85.4 Å². The van der Waals surface area contributed by atoms with Crippen LogP contribution in [0.1, 0.15) is 41.4 Å². The smallest absolute Gasteiger partial charge is 0.274 e. The van der Waals surface area contributed by atoms with Gasteiger partial charge in [0, 0.05) is 23.6 Å². The van der Waals surface area contributed by atoms with Crippen molar-refractivity contribution in [3.8, 4) is 11.5 Å². The van der Waals surface area contributed by atoms with E-state index in [0.717, 1.165) is 11.3 Å². The predicted octanol–water partition coefficient (Wildman–Crippen LogP) is 4.63. The van der Waals surface area contributed by atoms with E-state index in [4.69, 9.17) is 9.47 Å². The van der Waals surface area contributed by atoms with Crippen molar-refractivity contribution in [1.82, 2.24) is 9.97 Å². The SMILES string of the molecule is Cc1cccc(C(C)C)c1Nc1nccc(C(=O)Nc2ccc3c(c2)OCO3)n1. The third-order valence-electron chi connectivity index (χ3n) is 4.68. The second-order valence-corrected chi connectivity index (χ2v) is 7.11. The number of anilines is 3. The Morgan fingerprint density at radius 3 is 2.76 bits per heavy atom. The molecule has 1 aliphatic rings. The summed E-state index contributed by atoms with van der Waals surface area (Å²) in [6.45, 7) is 6.49. The van der Waals surface area contributed by atoms with Crippen LogP contribution in [0.15, 0.2) is 48.7 Å². The Hall–Kier alpha value is -3.61. The van der Waals surface area contributed by atoms with Crippen LogP contribution in [0.25, 0.3) is 0 Å². The molecule has 3 aromatic rings. The van der Waals surface area contributed by atoms with Crippen molar-refractivity contribution in [1.29, 1.82) is 0 Å². The van der Waals surface area contributed by atoms with Crippen LogP contribution in [0.2, 0.25) is 0 Å². The normalized spacial score (nSPS) is 12.1. The number of benzene rings is 2. The first-order chi connectivity index (χ1) is 14.0. The minimum Gasteiger partial charge on any atom is -0.454 e. The van der Waals surface area contributed by atoms with Crippen molar-refractivity contribution in [2.24, 2.45) is 0 Å². The summed E-state index contributed by atoms with van der Waals surface area (Å²) in [6, 6.07) is 13.0. The van der Waals surface area contributed by atoms with Gasteiger partial charge in [0.1, 0.15) is 5.69 Å². The Bertz CT molecular complexity index is 1070. The number of ether oxygens (including phenoxy) is 2. The third kappa shape index (κ3) is 3.99. The van der Waals surface area contributed by atoms with Gasteiger partial charge in [-0.2, -0.15) is 0 Å². The maximum absolute atomic E-state index is 12.7. The highest BCUT2D eigenvalue weighted by atomic mass is 16.7. The van der Waals surface area contributed by atoms with E-state index in [1.54, 1.807) is 30.5 Å². The monoisotopic (exact) mass is 390 g/mol. The fourth-order valence-electron chi connectivity index (χ4n) is 3.17. The van der Waals surface area contributed by atoms with Crippen LogP contribution in [-0.2, 0) is 0 Å². The molecule has 0 unspecified atom stereocenters. The van der Waals surface area contributed by atoms with E-state index in [9.17, 15) is 4.79 Å². The molecule has 148 valence electrons. The summed E-state index contributed by atoms with van der Waals surface area (Å²) in [4.78, 5) is 21.3. The van der Waals surface area contributed by atoms with Crippen LogP contribution < -0.4 is 20.1 Å². The largest absolute Gasteiger partial charge is 0.454 e. The maximum Gasteiger partial charge on any atom is 0.274 e. The van der Waals surface area contributed by atoms with Gasteiger partial charge in [0.15, 0.2) is 11.5 Å². The standard InChI is InChI=1S/C22H22N4O3/c1-13(2)16-6-4-5-14(3)20(16)26-22-23-10-9-17(25-22)21(27)24-15-7-8-18-19(11-15)29-12-28-18/h4-11,13H,12H2,1-3H3,(H,24,27)(H,23,25,26). The van der Waals surface area contributed by atoms with E-state index in [-0.39, 0.29) is 18.4 Å². The molecular formula is C22H22N4O3. The zero-order valence-corrected chi connectivity index (χ0v) is 16.5. The Morgan fingerprint density at radius 2 is 1.93 bits per heavy atom. The molecule has 4 rings (SSSR count). The van der Waals surface area contributed by atoms with Gasteiger partial charge in [0.25, 0.3) is 5.91 Å². The average molecular weight is 390 g/mol. The molecule has 2 heterocycles. The lowest BCUT2D eigenvalue weighted by Crippen LogP contribution is -2.15. The van der Waals surface area contributed by atoms with Crippen LogP contribution in [0.3, 0.4) is 0 Å². The van der Waals surface area contributed by atoms with Gasteiger partial charge in [0.2, 0.25) is 12.7 Å². The summed E-state index contributed by atoms with van der Waals surface area (Å²) in [5, 5.41) is 6.10. The molecule has 7 nitrogen and oxygen atoms in total. The van der Waals surface area contributed by atoms with Gasteiger partial charge in [-0.3, -0.25) is 4.79 Å². The summed E-state index contributed by atoms with van der Waals surface area (Å²) in [5.41, 5.74) is 4.10. The highest BCUT2D eigenvalue weighted by molar-refractivity contribution is 6.03. The number of amides is 1. The molecule has 0 spiro atoms. The number of carbonyl (C=O) groups is 1. The zero-order valence-electron chi connectivity index (χ0n) is 16.5. The van der Waals surface area contributed by atoms with Gasteiger partial charge in [0.05, 0.1) is 0 Å². The maximum atomic E-state index is 12.7. The van der Waals surface area contributed by atoms with Crippen molar-refractivity contribution >= 4 is 23.2 Å². The average Bonchev–Trinajstić information content (AvgIpc) is 3.17. The van der Waals surface area contributed by atoms with Crippen molar-refractivity contribution in [3.05, 3.63) is 65.5 Å². The van der Waals surface area contributed by atoms with Crippen LogP contribution in [0, 0.1) is 6.92 Å². The molecule has 1 amide bonds. The lowest BCUT2D eigenvalue weighted by molar-refractivity contribution is 0.102. The van der Waals surface area contributed by atoms with E-state index >= 15 is 0 Å². The Morgan fingerprint density at radius 1 is 1.10 bits per heavy atom. The first-order valence-electron chi connectivity index (χ1n) is 9.42. The van der Waals surface area contributed by atoms with Gasteiger partial charge in [-0.25, -0.2) is 9.97 Å². The number of nitrogens with one attached hydrogen (secondary N) is 2. The quantitative estimate of drug-likeness (QED) is 0.660. The third-order valence-corrected chi connectivity index (χ3v) is 4.68. The summed E-state index contributed by atoms with van der Waals surface area (Å²) in [6.07, 6.45) is 1.57. The second-order valence-electron chi connectivity index (χ2n) is 7.11. The van der Waals surface area contributed by atoms with Crippen molar-refractivity contribution in [3.63, 3.8) is 0 Å².